The minimum absolute atomic E-state index is 0.163. The molecule has 0 radical (unpaired) electrons. The molecule has 0 saturated heterocycles. The van der Waals surface area contributed by atoms with Gasteiger partial charge in [0.1, 0.15) is 33.5 Å². The van der Waals surface area contributed by atoms with Gasteiger partial charge in [-0.25, -0.2) is 0 Å². The van der Waals surface area contributed by atoms with Crippen molar-refractivity contribution in [3.05, 3.63) is 448 Å². The molecule has 0 aliphatic rings. The van der Waals surface area contributed by atoms with Crippen molar-refractivity contribution >= 4 is 141 Å². The van der Waals surface area contributed by atoms with Crippen LogP contribution in [0.5, 0.6) is 0 Å². The van der Waals surface area contributed by atoms with Crippen LogP contribution < -0.4 is 0 Å². The largest absolute Gasteiger partial charge is 0.456 e. The van der Waals surface area contributed by atoms with Crippen LogP contribution in [0.1, 0.15) is 32.9 Å². The normalized spacial score (nSPS) is 14.4. The Kier molecular flexibility index (Phi) is 12.2. The highest BCUT2D eigenvalue weighted by molar-refractivity contribution is 6.30. The monoisotopic (exact) mass is 1560 g/mol. The second-order valence-corrected chi connectivity index (χ2v) is 29.5. The van der Waals surface area contributed by atoms with Gasteiger partial charge in [0, 0.05) is 32.3 Å². The molecule has 564 valence electrons. The van der Waals surface area contributed by atoms with Crippen LogP contribution in [0.4, 0.5) is 0 Å². The van der Waals surface area contributed by atoms with Crippen molar-refractivity contribution in [2.75, 3.05) is 0 Å². The van der Waals surface area contributed by atoms with E-state index in [-0.39, 0.29) is 137 Å². The third-order valence-corrected chi connectivity index (χ3v) is 23.0. The molecule has 22 aromatic carbocycles. The zero-order valence-electron chi connectivity index (χ0n) is 88.1. The first-order valence-electron chi connectivity index (χ1n) is 51.6. The number of hydrogen-bond acceptors (Lipinski definition) is 3. The molecule has 3 heterocycles. The number of furan rings is 3. The van der Waals surface area contributed by atoms with Crippen molar-refractivity contribution in [1.29, 1.82) is 0 Å². The van der Waals surface area contributed by atoms with Crippen molar-refractivity contribution in [2.24, 2.45) is 0 Å². The molecule has 0 aliphatic carbocycles. The Balaban J connectivity index is 0.000000121. The first kappa shape index (κ1) is 49.9. The van der Waals surface area contributed by atoms with E-state index < -0.39 is 72.5 Å². The lowest BCUT2D eigenvalue weighted by Gasteiger charge is -2.20. The molecule has 25 rings (SSSR count). The van der Waals surface area contributed by atoms with Gasteiger partial charge in [-0.1, -0.05) is 406 Å². The van der Waals surface area contributed by atoms with Gasteiger partial charge < -0.3 is 13.3 Å². The maximum absolute atomic E-state index is 9.43. The molecule has 0 spiro atoms. The van der Waals surface area contributed by atoms with Gasteiger partial charge >= 0.3 is 0 Å². The van der Waals surface area contributed by atoms with Crippen LogP contribution in [0, 0.1) is 0 Å². The van der Waals surface area contributed by atoms with Crippen molar-refractivity contribution in [2.45, 2.75) is 0 Å². The standard InChI is InChI=1S/C44H28O.C38H24O.C36H22O/c1-2-13-29(14-3-1)30-25-27-31(28-26-30)32-15-4-5-16-33(32)42-34-17-6-8-19-36(34)43(37-20-9-7-18-35(37)42)39-22-12-24-41-44(39)38-21-10-11-23-40(38)45-41;1-2-13-25(14-3-1)26-15-4-5-16-27(26)36-28-17-6-8-19-30(28)37(31-20-9-7-18-29(31)36)33-22-12-24-35-38(33)32-21-10-11-23-34(32)39-35;1-2-11-24-22-25(21-20-23(24)10-1)34-26-12-3-5-14-28(26)35(29-15-6-4-13-27(29)34)31-17-9-19-33-36(31)30-16-7-8-18-32(30)37-33/h1-28H;1-24H;1-22H/i2*6D,7D,8D,9D,17D,18D,19D,20D;3D,4D,5D,6D,12D,13D,14D,15D. The molecule has 0 unspecified atom stereocenters. The molecule has 3 heteroatoms. The van der Waals surface area contributed by atoms with Gasteiger partial charge in [-0.05, 0) is 218 Å². The van der Waals surface area contributed by atoms with Crippen LogP contribution >= 0.6 is 0 Å². The van der Waals surface area contributed by atoms with Crippen LogP contribution in [0.15, 0.2) is 462 Å². The van der Waals surface area contributed by atoms with Crippen LogP contribution in [0.25, 0.3) is 241 Å². The van der Waals surface area contributed by atoms with Gasteiger partial charge in [-0.3, -0.25) is 0 Å². The summed E-state index contributed by atoms with van der Waals surface area (Å²) in [5.41, 5.74) is 14.0. The van der Waals surface area contributed by atoms with E-state index in [1.807, 2.05) is 285 Å². The summed E-state index contributed by atoms with van der Waals surface area (Å²) in [7, 11) is 0. The maximum Gasteiger partial charge on any atom is 0.136 e. The molecule has 0 saturated carbocycles. The number of benzene rings is 22. The van der Waals surface area contributed by atoms with Gasteiger partial charge in [0.15, 0.2) is 0 Å². The summed E-state index contributed by atoms with van der Waals surface area (Å²) in [4.78, 5) is 0. The first-order valence-corrected chi connectivity index (χ1v) is 39.6. The predicted octanol–water partition coefficient (Wildman–Crippen LogP) is 33.8. The lowest BCUT2D eigenvalue weighted by atomic mass is 9.83. The van der Waals surface area contributed by atoms with Crippen LogP contribution in [-0.4, -0.2) is 0 Å². The fourth-order valence-corrected chi connectivity index (χ4v) is 17.8. The second kappa shape index (κ2) is 29.7. The number of hydrogen-bond donors (Lipinski definition) is 0. The number of para-hydroxylation sites is 3. The fraction of sp³-hybridized carbons (Fsp3) is 0. The molecule has 3 aromatic heterocycles. The summed E-state index contributed by atoms with van der Waals surface area (Å²) >= 11 is 0. The molecule has 25 aromatic rings. The lowest BCUT2D eigenvalue weighted by Crippen LogP contribution is -1.93. The van der Waals surface area contributed by atoms with E-state index in [9.17, 15) is 16.4 Å². The summed E-state index contributed by atoms with van der Waals surface area (Å²) in [6, 6.07) is 86.0. The van der Waals surface area contributed by atoms with E-state index in [1.54, 1.807) is 18.2 Å². The van der Waals surface area contributed by atoms with Gasteiger partial charge in [-0.15, -0.1) is 0 Å². The summed E-state index contributed by atoms with van der Waals surface area (Å²) < 4.78 is 236. The topological polar surface area (TPSA) is 39.4 Å². The Bertz CT molecular complexity index is 9710. The van der Waals surface area contributed by atoms with Crippen molar-refractivity contribution in [1.82, 2.24) is 0 Å². The Morgan fingerprint density at radius 1 is 0.149 bits per heavy atom. The van der Waals surface area contributed by atoms with E-state index in [0.717, 1.165) is 60.3 Å². The first-order chi connectivity index (χ1) is 70.1. The summed E-state index contributed by atoms with van der Waals surface area (Å²) in [5, 5.41) is 8.33. The number of rotatable bonds is 9. The zero-order chi connectivity index (χ0) is 101. The molecule has 0 N–H and O–H groups in total. The van der Waals surface area contributed by atoms with Crippen LogP contribution in [0.2, 0.25) is 0 Å². The molecule has 0 amide bonds. The van der Waals surface area contributed by atoms with Crippen molar-refractivity contribution in [3.8, 4) is 100 Å². The molecule has 3 nitrogen and oxygen atoms in total. The average Bonchev–Trinajstić information content (AvgIpc) is 1.43. The van der Waals surface area contributed by atoms with E-state index in [4.69, 9.17) is 29.7 Å². The average molecular weight is 1560 g/mol. The summed E-state index contributed by atoms with van der Waals surface area (Å²) in [6.07, 6.45) is 0. The Morgan fingerprint density at radius 3 is 0.752 bits per heavy atom. The van der Waals surface area contributed by atoms with E-state index in [2.05, 4.69) is 0 Å². The van der Waals surface area contributed by atoms with Crippen molar-refractivity contribution < 1.29 is 46.1 Å². The highest BCUT2D eigenvalue weighted by Gasteiger charge is 2.26. The van der Waals surface area contributed by atoms with Gasteiger partial charge in [0.25, 0.3) is 0 Å². The molecular weight excluding hydrogens is 1470 g/mol. The minimum atomic E-state index is -0.441. The quantitative estimate of drug-likeness (QED) is 0.135. The second-order valence-electron chi connectivity index (χ2n) is 29.5. The Labute approximate surface area is 732 Å². The number of fused-ring (bicyclic) bond motifs is 16. The van der Waals surface area contributed by atoms with Crippen molar-refractivity contribution in [3.63, 3.8) is 0 Å². The summed E-state index contributed by atoms with van der Waals surface area (Å²) in [5.74, 6) is 0. The van der Waals surface area contributed by atoms with Crippen LogP contribution in [-0.2, 0) is 0 Å². The lowest BCUT2D eigenvalue weighted by molar-refractivity contribution is 0.668. The van der Waals surface area contributed by atoms with E-state index in [1.165, 1.54) is 0 Å². The third kappa shape index (κ3) is 12.0. The SMILES string of the molecule is [2H]c1c([2H])c([2H])c2c(-c3cccc4oc5ccccc5c34)c3c([2H])c([2H])c([2H])c([2H])c3c(-c3ccc4ccccc4c3)c2c1[2H].[2H]c1c([2H])c([2H])c2c(-c3cccc4oc5ccccc5c34)c3c([2H])c([2H])c([2H])c([2H])c3c(-c3ccccc3-c3ccc(-c4ccccc4)cc3)c2c1[2H].[2H]c1c([2H])c([2H])c2c(-c3cccc4oc5ccccc5c34)c3c([2H])c([2H])c([2H])c([2H])c3c(-c3ccccc3-c3ccccc3)c2c1[2H]. The van der Waals surface area contributed by atoms with Gasteiger partial charge in [-0.2, -0.15) is 0 Å². The molecular formula is C118H74O3. The maximum atomic E-state index is 9.43. The molecule has 121 heavy (non-hydrogen) atoms. The molecule has 0 fully saturated rings. The molecule has 0 bridgehead atoms. The smallest absolute Gasteiger partial charge is 0.136 e. The fourth-order valence-electron chi connectivity index (χ4n) is 17.8. The Morgan fingerprint density at radius 2 is 0.388 bits per heavy atom. The predicted molar refractivity (Wildman–Crippen MR) is 513 cm³/mol. The third-order valence-electron chi connectivity index (χ3n) is 23.0. The van der Waals surface area contributed by atoms with Gasteiger partial charge in [0.2, 0.25) is 0 Å². The Hall–Kier alpha value is -15.9. The highest BCUT2D eigenvalue weighted by Crippen LogP contribution is 2.53. The van der Waals surface area contributed by atoms with Crippen LogP contribution in [0.3, 0.4) is 0 Å². The van der Waals surface area contributed by atoms with Gasteiger partial charge in [0.05, 0.1) is 32.9 Å². The van der Waals surface area contributed by atoms with E-state index in [0.29, 0.717) is 116 Å². The minimum Gasteiger partial charge on any atom is -0.456 e. The molecule has 0 aliphatic heterocycles. The summed E-state index contributed by atoms with van der Waals surface area (Å²) in [6.45, 7) is 0. The zero-order valence-corrected chi connectivity index (χ0v) is 64.1. The highest BCUT2D eigenvalue weighted by atomic mass is 16.3. The van der Waals surface area contributed by atoms with E-state index >= 15 is 0 Å². The molecule has 0 atom stereocenters.